The summed E-state index contributed by atoms with van der Waals surface area (Å²) < 4.78 is 25.8. The van der Waals surface area contributed by atoms with E-state index >= 15 is 0 Å². The third-order valence-corrected chi connectivity index (χ3v) is 2.62. The van der Waals surface area contributed by atoms with Crippen molar-refractivity contribution < 1.29 is 13.6 Å². The summed E-state index contributed by atoms with van der Waals surface area (Å²) in [4.78, 5) is 12.6. The second kappa shape index (κ2) is 4.74. The lowest BCUT2D eigenvalue weighted by molar-refractivity contribution is 0.0615. The van der Waals surface area contributed by atoms with Crippen molar-refractivity contribution in [2.45, 2.75) is 12.5 Å². The minimum Gasteiger partial charge on any atom is -0.335 e. The number of hydrogen-bond acceptors (Lipinski definition) is 4. The summed E-state index contributed by atoms with van der Waals surface area (Å²) in [6, 6.07) is 0.199. The maximum absolute atomic E-state index is 12.1. The average molecular weight is 245 g/mol. The molecule has 8 heteroatoms. The fraction of sp³-hybridized carbons (Fsp3) is 0.667. The molecule has 0 bridgehead atoms. The van der Waals surface area contributed by atoms with E-state index in [1.165, 1.54) is 13.2 Å². The maximum atomic E-state index is 12.1. The molecule has 6 nitrogen and oxygen atoms in total. The minimum absolute atomic E-state index is 0.0973. The Bertz CT molecular complexity index is 404. The Kier molecular flexibility index (Phi) is 3.32. The van der Waals surface area contributed by atoms with Crippen LogP contribution in [0.2, 0.25) is 0 Å². The van der Waals surface area contributed by atoms with Crippen molar-refractivity contribution in [3.8, 4) is 0 Å². The molecule has 0 atom stereocenters. The van der Waals surface area contributed by atoms with Gasteiger partial charge in [0.1, 0.15) is 0 Å². The molecule has 0 radical (unpaired) electrons. The Morgan fingerprint density at radius 3 is 2.94 bits per heavy atom. The first kappa shape index (κ1) is 11.9. The molecule has 0 saturated carbocycles. The average Bonchev–Trinajstić information content (AvgIpc) is 2.61. The van der Waals surface area contributed by atoms with Crippen LogP contribution < -0.4 is 5.32 Å². The Hall–Kier alpha value is -1.57. The lowest BCUT2D eigenvalue weighted by Crippen LogP contribution is -2.43. The number of aromatic nitrogens is 3. The molecule has 1 aliphatic rings. The number of carbonyl (C=O) groups is 1. The van der Waals surface area contributed by atoms with Crippen LogP contribution in [0.15, 0.2) is 6.20 Å². The monoisotopic (exact) mass is 245 g/mol. The zero-order valence-corrected chi connectivity index (χ0v) is 9.31. The van der Waals surface area contributed by atoms with Crippen molar-refractivity contribution >= 4 is 5.91 Å². The standard InChI is InChI=1S/C9H13F2N5O/c1-15(5-8(10)11)9(17)7-4-16(14-13-7)6-2-12-3-6/h4,6,8,12H,2-3,5H2,1H3. The van der Waals surface area contributed by atoms with Crippen LogP contribution in [0.3, 0.4) is 0 Å². The second-order valence-electron chi connectivity index (χ2n) is 3.97. The lowest BCUT2D eigenvalue weighted by atomic mass is 10.2. The first-order chi connectivity index (χ1) is 8.08. The van der Waals surface area contributed by atoms with E-state index in [0.29, 0.717) is 0 Å². The molecular weight excluding hydrogens is 232 g/mol. The molecule has 1 fully saturated rings. The second-order valence-corrected chi connectivity index (χ2v) is 3.97. The number of halogens is 2. The largest absolute Gasteiger partial charge is 0.335 e. The van der Waals surface area contributed by atoms with Crippen LogP contribution in [0, 0.1) is 0 Å². The summed E-state index contributed by atoms with van der Waals surface area (Å²) in [5.41, 5.74) is 0.0973. The molecule has 1 aromatic rings. The highest BCUT2D eigenvalue weighted by Gasteiger charge is 2.23. The number of amides is 1. The maximum Gasteiger partial charge on any atom is 0.275 e. The number of alkyl halides is 2. The summed E-state index contributed by atoms with van der Waals surface area (Å²) in [7, 11) is 1.32. The third kappa shape index (κ3) is 2.57. The highest BCUT2D eigenvalue weighted by Crippen LogP contribution is 2.11. The summed E-state index contributed by atoms with van der Waals surface area (Å²) in [6.45, 7) is 0.963. The van der Waals surface area contributed by atoms with Crippen LogP contribution in [0.5, 0.6) is 0 Å². The Morgan fingerprint density at radius 2 is 2.41 bits per heavy atom. The summed E-state index contributed by atoms with van der Waals surface area (Å²) in [5, 5.41) is 10.6. The number of carbonyl (C=O) groups excluding carboxylic acids is 1. The van der Waals surface area contributed by atoms with Crippen molar-refractivity contribution in [2.24, 2.45) is 0 Å². The van der Waals surface area contributed by atoms with E-state index in [-0.39, 0.29) is 11.7 Å². The molecule has 1 N–H and O–H groups in total. The van der Waals surface area contributed by atoms with Crippen LogP contribution in [0.25, 0.3) is 0 Å². The summed E-state index contributed by atoms with van der Waals surface area (Å²) >= 11 is 0. The molecule has 17 heavy (non-hydrogen) atoms. The Labute approximate surface area is 96.6 Å². The number of nitrogens with one attached hydrogen (secondary N) is 1. The zero-order chi connectivity index (χ0) is 12.4. The van der Waals surface area contributed by atoms with E-state index in [9.17, 15) is 13.6 Å². The lowest BCUT2D eigenvalue weighted by Gasteiger charge is -2.26. The van der Waals surface area contributed by atoms with Crippen LogP contribution in [0.1, 0.15) is 16.5 Å². The van der Waals surface area contributed by atoms with Crippen molar-refractivity contribution in [1.29, 1.82) is 0 Å². The summed E-state index contributed by atoms with van der Waals surface area (Å²) in [5.74, 6) is -0.538. The minimum atomic E-state index is -2.55. The highest BCUT2D eigenvalue weighted by molar-refractivity contribution is 5.91. The van der Waals surface area contributed by atoms with E-state index in [4.69, 9.17) is 0 Å². The van der Waals surface area contributed by atoms with Gasteiger partial charge in [0.05, 0.1) is 18.8 Å². The van der Waals surface area contributed by atoms with E-state index < -0.39 is 18.9 Å². The molecule has 2 heterocycles. The predicted molar refractivity (Wildman–Crippen MR) is 54.9 cm³/mol. The number of hydrogen-bond donors (Lipinski definition) is 1. The van der Waals surface area contributed by atoms with Gasteiger partial charge in [0, 0.05) is 20.1 Å². The van der Waals surface area contributed by atoms with Gasteiger partial charge in [-0.1, -0.05) is 5.21 Å². The van der Waals surface area contributed by atoms with E-state index in [2.05, 4.69) is 15.6 Å². The van der Waals surface area contributed by atoms with Gasteiger partial charge in [-0.05, 0) is 0 Å². The fourth-order valence-corrected chi connectivity index (χ4v) is 1.50. The zero-order valence-electron chi connectivity index (χ0n) is 9.31. The van der Waals surface area contributed by atoms with Crippen LogP contribution in [-0.2, 0) is 0 Å². The molecule has 0 aliphatic carbocycles. The smallest absolute Gasteiger partial charge is 0.275 e. The number of nitrogens with zero attached hydrogens (tertiary/aromatic N) is 4. The SMILES string of the molecule is CN(CC(F)F)C(=O)c1cn(C2CNC2)nn1. The molecule has 2 rings (SSSR count). The molecule has 1 saturated heterocycles. The molecule has 0 unspecified atom stereocenters. The van der Waals surface area contributed by atoms with Gasteiger partial charge < -0.3 is 10.2 Å². The van der Waals surface area contributed by atoms with Gasteiger partial charge in [0.2, 0.25) is 0 Å². The van der Waals surface area contributed by atoms with Gasteiger partial charge in [-0.25, -0.2) is 13.5 Å². The number of rotatable bonds is 4. The topological polar surface area (TPSA) is 63.1 Å². The molecule has 1 amide bonds. The first-order valence-electron chi connectivity index (χ1n) is 5.24. The van der Waals surface area contributed by atoms with Crippen LogP contribution >= 0.6 is 0 Å². The van der Waals surface area contributed by atoms with Gasteiger partial charge in [-0.15, -0.1) is 5.10 Å². The first-order valence-corrected chi connectivity index (χ1v) is 5.24. The van der Waals surface area contributed by atoms with E-state index in [0.717, 1.165) is 18.0 Å². The normalized spacial score (nSPS) is 16.0. The third-order valence-electron chi connectivity index (χ3n) is 2.62. The Balaban J connectivity index is 2.01. The van der Waals surface area contributed by atoms with Crippen LogP contribution in [0.4, 0.5) is 8.78 Å². The predicted octanol–water partition coefficient (Wildman–Crippen LogP) is -0.241. The van der Waals surface area contributed by atoms with Gasteiger partial charge in [0.25, 0.3) is 12.3 Å². The molecule has 0 aromatic carbocycles. The van der Waals surface area contributed by atoms with Crippen molar-refractivity contribution in [3.63, 3.8) is 0 Å². The van der Waals surface area contributed by atoms with Gasteiger partial charge in [-0.2, -0.15) is 0 Å². The quantitative estimate of drug-likeness (QED) is 0.795. The van der Waals surface area contributed by atoms with E-state index in [1.807, 2.05) is 0 Å². The molecule has 0 spiro atoms. The molecule has 94 valence electrons. The van der Waals surface area contributed by atoms with Crippen molar-refractivity contribution in [2.75, 3.05) is 26.7 Å². The van der Waals surface area contributed by atoms with Crippen molar-refractivity contribution in [1.82, 2.24) is 25.2 Å². The van der Waals surface area contributed by atoms with E-state index in [1.54, 1.807) is 4.68 Å². The fourth-order valence-electron chi connectivity index (χ4n) is 1.50. The van der Waals surface area contributed by atoms with Crippen molar-refractivity contribution in [3.05, 3.63) is 11.9 Å². The Morgan fingerprint density at radius 1 is 1.71 bits per heavy atom. The van der Waals surface area contributed by atoms with Gasteiger partial charge in [-0.3, -0.25) is 4.79 Å². The molecule has 1 aliphatic heterocycles. The molecular formula is C9H13F2N5O. The van der Waals surface area contributed by atoms with Gasteiger partial charge in [0.15, 0.2) is 5.69 Å². The van der Waals surface area contributed by atoms with Gasteiger partial charge >= 0.3 is 0 Å². The van der Waals surface area contributed by atoms with Crippen LogP contribution in [-0.4, -0.2) is 58.9 Å². The highest BCUT2D eigenvalue weighted by atomic mass is 19.3. The summed E-state index contributed by atoms with van der Waals surface area (Å²) in [6.07, 6.45) is -1.05. The molecule has 1 aromatic heterocycles.